The van der Waals surface area contributed by atoms with Crippen molar-refractivity contribution < 1.29 is 0 Å². The van der Waals surface area contributed by atoms with Crippen LogP contribution in [0.3, 0.4) is 0 Å². The lowest BCUT2D eigenvalue weighted by atomic mass is 9.78. The van der Waals surface area contributed by atoms with Crippen molar-refractivity contribution >= 4 is 0 Å². The molecule has 3 heterocycles. The fourth-order valence-electron chi connectivity index (χ4n) is 3.73. The molecule has 2 aromatic heterocycles. The molecule has 1 aliphatic rings. The van der Waals surface area contributed by atoms with Gasteiger partial charge in [-0.15, -0.1) is 10.2 Å². The third kappa shape index (κ3) is 4.03. The molecule has 8 heteroatoms. The highest BCUT2D eigenvalue weighted by atomic mass is 15.5. The number of nitrogens with zero attached hydrogens (tertiary/aromatic N) is 6. The van der Waals surface area contributed by atoms with Crippen molar-refractivity contribution in [2.75, 3.05) is 0 Å². The van der Waals surface area contributed by atoms with E-state index in [-0.39, 0.29) is 0 Å². The van der Waals surface area contributed by atoms with Crippen LogP contribution in [-0.4, -0.2) is 35.4 Å². The SMILES string of the molecule is CCCCn1nc(CCC)nc1Cc1ccc(C2(c3nn[nH]n3)C=CNC=C2)cc1. The number of nitrogens with one attached hydrogen (secondary N) is 2. The Morgan fingerprint density at radius 1 is 1.03 bits per heavy atom. The van der Waals surface area contributed by atoms with E-state index in [2.05, 4.69) is 68.7 Å². The molecule has 2 N–H and O–H groups in total. The highest BCUT2D eigenvalue weighted by Gasteiger charge is 2.34. The first-order chi connectivity index (χ1) is 14.7. The lowest BCUT2D eigenvalue weighted by Gasteiger charge is -2.26. The summed E-state index contributed by atoms with van der Waals surface area (Å²) in [5.41, 5.74) is 1.75. The fourth-order valence-corrected chi connectivity index (χ4v) is 3.73. The van der Waals surface area contributed by atoms with Gasteiger partial charge in [0.15, 0.2) is 11.6 Å². The minimum atomic E-state index is -0.535. The van der Waals surface area contributed by atoms with Crippen LogP contribution in [0, 0.1) is 0 Å². The zero-order valence-corrected chi connectivity index (χ0v) is 17.5. The van der Waals surface area contributed by atoms with Gasteiger partial charge in [0, 0.05) is 19.4 Å². The van der Waals surface area contributed by atoms with E-state index in [1.165, 1.54) is 5.56 Å². The Morgan fingerprint density at radius 2 is 1.83 bits per heavy atom. The second kappa shape index (κ2) is 9.02. The number of allylic oxidation sites excluding steroid dienone is 2. The Balaban J connectivity index is 1.59. The number of aromatic nitrogens is 7. The highest BCUT2D eigenvalue weighted by molar-refractivity contribution is 5.46. The number of aryl methyl sites for hydroxylation is 2. The topological polar surface area (TPSA) is 97.2 Å². The number of aromatic amines is 1. The standard InChI is InChI=1S/C22H28N8/c1-3-5-15-30-20(24-19(27-30)6-4-2)16-17-7-9-18(10-8-17)22(11-13-23-14-12-22)21-25-28-29-26-21/h7-14,23H,3-6,15-16H2,1-2H3,(H,25,26,28,29). The number of tetrazole rings is 1. The van der Waals surface area contributed by atoms with Crippen LogP contribution >= 0.6 is 0 Å². The third-order valence-electron chi connectivity index (χ3n) is 5.38. The number of unbranched alkanes of at least 4 members (excludes halogenated alkanes) is 1. The molecule has 0 fully saturated rings. The molecule has 1 aromatic carbocycles. The summed E-state index contributed by atoms with van der Waals surface area (Å²) in [4.78, 5) is 4.80. The summed E-state index contributed by atoms with van der Waals surface area (Å²) in [5, 5.41) is 22.6. The molecular formula is C22H28N8. The molecule has 0 atom stereocenters. The first kappa shape index (κ1) is 20.0. The van der Waals surface area contributed by atoms with Crippen molar-refractivity contribution in [1.82, 2.24) is 40.7 Å². The molecule has 0 radical (unpaired) electrons. The molecule has 0 spiro atoms. The second-order valence-electron chi connectivity index (χ2n) is 7.58. The second-order valence-corrected chi connectivity index (χ2v) is 7.58. The van der Waals surface area contributed by atoms with Crippen molar-refractivity contribution in [3.8, 4) is 0 Å². The molecule has 0 saturated heterocycles. The summed E-state index contributed by atoms with van der Waals surface area (Å²) in [6.07, 6.45) is 12.9. The molecule has 0 amide bonds. The molecule has 8 nitrogen and oxygen atoms in total. The van der Waals surface area contributed by atoms with Gasteiger partial charge in [-0.05, 0) is 48.5 Å². The van der Waals surface area contributed by atoms with Crippen LogP contribution in [0.5, 0.6) is 0 Å². The van der Waals surface area contributed by atoms with Gasteiger partial charge in [-0.1, -0.05) is 49.7 Å². The largest absolute Gasteiger partial charge is 0.368 e. The van der Waals surface area contributed by atoms with Gasteiger partial charge >= 0.3 is 0 Å². The maximum Gasteiger partial charge on any atom is 0.192 e. The highest BCUT2D eigenvalue weighted by Crippen LogP contribution is 2.34. The van der Waals surface area contributed by atoms with Gasteiger partial charge in [-0.25, -0.2) is 9.67 Å². The van der Waals surface area contributed by atoms with E-state index >= 15 is 0 Å². The minimum Gasteiger partial charge on any atom is -0.368 e. The Bertz CT molecular complexity index is 986. The molecule has 1 aliphatic heterocycles. The molecule has 0 aliphatic carbocycles. The predicted octanol–water partition coefficient (Wildman–Crippen LogP) is 3.05. The Hall–Kier alpha value is -3.29. The van der Waals surface area contributed by atoms with E-state index in [9.17, 15) is 0 Å². The van der Waals surface area contributed by atoms with E-state index < -0.39 is 5.41 Å². The summed E-state index contributed by atoms with van der Waals surface area (Å²) in [6, 6.07) is 8.56. The van der Waals surface area contributed by atoms with E-state index in [0.29, 0.717) is 5.82 Å². The van der Waals surface area contributed by atoms with Crippen LogP contribution in [0.1, 0.15) is 61.7 Å². The molecule has 0 saturated carbocycles. The van der Waals surface area contributed by atoms with Crippen LogP contribution in [0.15, 0.2) is 48.8 Å². The third-order valence-corrected chi connectivity index (χ3v) is 5.38. The first-order valence-corrected chi connectivity index (χ1v) is 10.6. The average molecular weight is 405 g/mol. The minimum absolute atomic E-state index is 0.535. The van der Waals surface area contributed by atoms with Crippen LogP contribution in [0.4, 0.5) is 0 Å². The van der Waals surface area contributed by atoms with E-state index in [1.54, 1.807) is 0 Å². The van der Waals surface area contributed by atoms with Crippen molar-refractivity contribution in [3.63, 3.8) is 0 Å². The van der Waals surface area contributed by atoms with E-state index in [0.717, 1.165) is 55.9 Å². The molecule has 0 bridgehead atoms. The van der Waals surface area contributed by atoms with Gasteiger partial charge in [0.05, 0.1) is 5.41 Å². The molecule has 30 heavy (non-hydrogen) atoms. The van der Waals surface area contributed by atoms with Gasteiger partial charge in [0.2, 0.25) is 0 Å². The van der Waals surface area contributed by atoms with Crippen molar-refractivity contribution in [3.05, 3.63) is 77.4 Å². The molecule has 4 rings (SSSR count). The number of benzene rings is 1. The van der Waals surface area contributed by atoms with E-state index in [4.69, 9.17) is 10.1 Å². The number of hydrogen-bond acceptors (Lipinski definition) is 6. The predicted molar refractivity (Wildman–Crippen MR) is 115 cm³/mol. The van der Waals surface area contributed by atoms with E-state index in [1.807, 2.05) is 24.6 Å². The average Bonchev–Trinajstić information content (AvgIpc) is 3.44. The number of dihydropyridines is 1. The van der Waals surface area contributed by atoms with Gasteiger partial charge in [0.1, 0.15) is 5.82 Å². The van der Waals surface area contributed by atoms with Crippen molar-refractivity contribution in [1.29, 1.82) is 0 Å². The maximum atomic E-state index is 4.80. The van der Waals surface area contributed by atoms with Crippen molar-refractivity contribution in [2.24, 2.45) is 0 Å². The van der Waals surface area contributed by atoms with Crippen LogP contribution in [0.2, 0.25) is 0 Å². The summed E-state index contributed by atoms with van der Waals surface area (Å²) in [5.74, 6) is 2.60. The molecule has 0 unspecified atom stereocenters. The van der Waals surface area contributed by atoms with Crippen LogP contribution in [-0.2, 0) is 24.8 Å². The van der Waals surface area contributed by atoms with Gasteiger partial charge in [-0.3, -0.25) is 0 Å². The number of H-pyrrole nitrogens is 1. The van der Waals surface area contributed by atoms with Gasteiger partial charge in [0.25, 0.3) is 0 Å². The molecule has 3 aromatic rings. The van der Waals surface area contributed by atoms with Gasteiger partial charge < -0.3 is 5.32 Å². The van der Waals surface area contributed by atoms with Gasteiger partial charge in [-0.2, -0.15) is 10.3 Å². The Morgan fingerprint density at radius 3 is 2.50 bits per heavy atom. The summed E-state index contributed by atoms with van der Waals surface area (Å²) in [6.45, 7) is 5.28. The summed E-state index contributed by atoms with van der Waals surface area (Å²) in [7, 11) is 0. The fraction of sp³-hybridized carbons (Fsp3) is 0.409. The van der Waals surface area contributed by atoms with Crippen LogP contribution in [0.25, 0.3) is 0 Å². The normalized spacial score (nSPS) is 14.7. The lowest BCUT2D eigenvalue weighted by Crippen LogP contribution is -2.28. The maximum absolute atomic E-state index is 4.80. The Labute approximate surface area is 176 Å². The van der Waals surface area contributed by atoms with Crippen molar-refractivity contribution in [2.45, 2.75) is 57.9 Å². The zero-order valence-electron chi connectivity index (χ0n) is 17.5. The Kier molecular flexibility index (Phi) is 6.02. The number of rotatable bonds is 9. The lowest BCUT2D eigenvalue weighted by molar-refractivity contribution is 0.545. The monoisotopic (exact) mass is 404 g/mol. The zero-order chi connectivity index (χ0) is 20.8. The molecular weight excluding hydrogens is 376 g/mol. The molecule has 156 valence electrons. The smallest absolute Gasteiger partial charge is 0.192 e. The van der Waals surface area contributed by atoms with Crippen LogP contribution < -0.4 is 5.32 Å². The first-order valence-electron chi connectivity index (χ1n) is 10.6. The summed E-state index contributed by atoms with van der Waals surface area (Å²) < 4.78 is 2.08. The summed E-state index contributed by atoms with van der Waals surface area (Å²) >= 11 is 0. The quantitative estimate of drug-likeness (QED) is 0.569. The number of hydrogen-bond donors (Lipinski definition) is 2.